The summed E-state index contributed by atoms with van der Waals surface area (Å²) in [5.41, 5.74) is 2.27. The summed E-state index contributed by atoms with van der Waals surface area (Å²) in [5, 5.41) is 19.2. The number of fused-ring (bicyclic) bond motifs is 5. The van der Waals surface area contributed by atoms with Crippen LogP contribution in [-0.2, 0) is 4.79 Å². The van der Waals surface area contributed by atoms with Crippen molar-refractivity contribution in [3.63, 3.8) is 0 Å². The predicted molar refractivity (Wildman–Crippen MR) is 107 cm³/mol. The first-order valence-corrected chi connectivity index (χ1v) is 11.3. The number of aliphatic carboxylic acids is 1. The van der Waals surface area contributed by atoms with Gasteiger partial charge in [-0.15, -0.1) is 0 Å². The number of carbonyl (C=O) groups is 1. The summed E-state index contributed by atoms with van der Waals surface area (Å²) < 4.78 is 0. The second kappa shape index (κ2) is 6.90. The van der Waals surface area contributed by atoms with E-state index < -0.39 is 5.97 Å². The van der Waals surface area contributed by atoms with Gasteiger partial charge in [0.25, 0.3) is 0 Å². The van der Waals surface area contributed by atoms with Gasteiger partial charge in [0.05, 0.1) is 6.10 Å². The van der Waals surface area contributed by atoms with E-state index in [4.69, 9.17) is 5.11 Å². The van der Waals surface area contributed by atoms with E-state index in [0.29, 0.717) is 29.1 Å². The Labute approximate surface area is 164 Å². The maximum atomic E-state index is 11.0. The van der Waals surface area contributed by atoms with Gasteiger partial charge >= 0.3 is 5.97 Å². The maximum Gasteiger partial charge on any atom is 0.303 e. The third-order valence-corrected chi connectivity index (χ3v) is 9.65. The Hall–Kier alpha value is -0.830. The van der Waals surface area contributed by atoms with Crippen LogP contribution in [0.2, 0.25) is 0 Å². The highest BCUT2D eigenvalue weighted by molar-refractivity contribution is 5.66. The molecule has 3 fully saturated rings. The van der Waals surface area contributed by atoms with Crippen molar-refractivity contribution in [3.8, 4) is 0 Å². The summed E-state index contributed by atoms with van der Waals surface area (Å²) in [5.74, 6) is 2.94. The highest BCUT2D eigenvalue weighted by atomic mass is 16.4. The molecule has 27 heavy (non-hydrogen) atoms. The third kappa shape index (κ3) is 3.09. The topological polar surface area (TPSA) is 57.5 Å². The molecule has 0 aromatic heterocycles. The summed E-state index contributed by atoms with van der Waals surface area (Å²) in [6.07, 6.45) is 13.0. The van der Waals surface area contributed by atoms with E-state index >= 15 is 0 Å². The molecule has 8 atom stereocenters. The quantitative estimate of drug-likeness (QED) is 0.645. The lowest BCUT2D eigenvalue weighted by atomic mass is 9.47. The zero-order chi connectivity index (χ0) is 19.4. The van der Waals surface area contributed by atoms with Crippen molar-refractivity contribution in [3.05, 3.63) is 11.6 Å². The monoisotopic (exact) mass is 374 g/mol. The van der Waals surface area contributed by atoms with Crippen LogP contribution in [0.5, 0.6) is 0 Å². The predicted octanol–water partition coefficient (Wildman–Crippen LogP) is 5.43. The van der Waals surface area contributed by atoms with Crippen LogP contribution in [0.4, 0.5) is 0 Å². The number of hydrogen-bond donors (Lipinski definition) is 2. The average molecular weight is 375 g/mol. The van der Waals surface area contributed by atoms with Gasteiger partial charge < -0.3 is 10.2 Å². The first kappa shape index (κ1) is 19.5. The normalized spacial score (nSPS) is 47.4. The van der Waals surface area contributed by atoms with Crippen LogP contribution >= 0.6 is 0 Å². The SMILES string of the molecule is C[C@H](CCC(=O)O)[C@@H]1CC[C@H]2[C@@H]3CC=C4C[C@@H](O)CC[C@]4(C)[C@@H]3CC[C@@]21C. The van der Waals surface area contributed by atoms with Crippen LogP contribution in [0.1, 0.15) is 85.0 Å². The van der Waals surface area contributed by atoms with E-state index in [-0.39, 0.29) is 6.10 Å². The molecule has 3 heteroatoms. The number of aliphatic hydroxyl groups excluding tert-OH is 1. The Kier molecular flexibility index (Phi) is 4.98. The third-order valence-electron chi connectivity index (χ3n) is 9.65. The molecule has 0 heterocycles. The molecular weight excluding hydrogens is 336 g/mol. The summed E-state index contributed by atoms with van der Waals surface area (Å²) in [6, 6.07) is 0. The molecular formula is C24H38O3. The van der Waals surface area contributed by atoms with Crippen LogP contribution in [-0.4, -0.2) is 22.3 Å². The highest BCUT2D eigenvalue weighted by Gasteiger charge is 2.59. The lowest BCUT2D eigenvalue weighted by Crippen LogP contribution is -2.50. The minimum Gasteiger partial charge on any atom is -0.481 e. The number of hydrogen-bond acceptors (Lipinski definition) is 2. The summed E-state index contributed by atoms with van der Waals surface area (Å²) in [7, 11) is 0. The molecule has 0 saturated heterocycles. The van der Waals surface area contributed by atoms with Gasteiger partial charge in [0.1, 0.15) is 0 Å². The van der Waals surface area contributed by atoms with Gasteiger partial charge in [-0.05, 0) is 98.2 Å². The molecule has 0 aliphatic heterocycles. The van der Waals surface area contributed by atoms with Crippen molar-refractivity contribution in [2.24, 2.45) is 40.4 Å². The molecule has 0 unspecified atom stereocenters. The second-order valence-electron chi connectivity index (χ2n) is 10.8. The number of carboxylic acid groups (broad SMARTS) is 1. The van der Waals surface area contributed by atoms with E-state index in [1.165, 1.54) is 32.1 Å². The van der Waals surface area contributed by atoms with E-state index in [1.54, 1.807) is 5.57 Å². The molecule has 0 aromatic carbocycles. The smallest absolute Gasteiger partial charge is 0.303 e. The Morgan fingerprint density at radius 1 is 1.19 bits per heavy atom. The molecule has 4 aliphatic rings. The van der Waals surface area contributed by atoms with Crippen LogP contribution in [0.15, 0.2) is 11.6 Å². The fraction of sp³-hybridized carbons (Fsp3) is 0.875. The highest BCUT2D eigenvalue weighted by Crippen LogP contribution is 2.67. The molecule has 4 rings (SSSR count). The Morgan fingerprint density at radius 2 is 1.96 bits per heavy atom. The Morgan fingerprint density at radius 3 is 2.70 bits per heavy atom. The van der Waals surface area contributed by atoms with Crippen molar-refractivity contribution >= 4 is 5.97 Å². The van der Waals surface area contributed by atoms with E-state index in [0.717, 1.165) is 43.4 Å². The van der Waals surface area contributed by atoms with Gasteiger partial charge in [-0.1, -0.05) is 32.4 Å². The van der Waals surface area contributed by atoms with Crippen molar-refractivity contribution < 1.29 is 15.0 Å². The van der Waals surface area contributed by atoms with Gasteiger partial charge in [0.2, 0.25) is 0 Å². The van der Waals surface area contributed by atoms with E-state index in [2.05, 4.69) is 26.8 Å². The zero-order valence-corrected chi connectivity index (χ0v) is 17.4. The average Bonchev–Trinajstić information content (AvgIpc) is 2.97. The molecule has 4 aliphatic carbocycles. The first-order valence-electron chi connectivity index (χ1n) is 11.3. The Bertz CT molecular complexity index is 625. The van der Waals surface area contributed by atoms with Crippen LogP contribution < -0.4 is 0 Å². The van der Waals surface area contributed by atoms with Crippen molar-refractivity contribution in [1.82, 2.24) is 0 Å². The minimum absolute atomic E-state index is 0.124. The van der Waals surface area contributed by atoms with Gasteiger partial charge in [-0.2, -0.15) is 0 Å². The molecule has 0 amide bonds. The fourth-order valence-electron chi connectivity index (χ4n) is 8.17. The summed E-state index contributed by atoms with van der Waals surface area (Å²) in [4.78, 5) is 11.0. The van der Waals surface area contributed by atoms with E-state index in [9.17, 15) is 9.90 Å². The van der Waals surface area contributed by atoms with Crippen LogP contribution in [0.3, 0.4) is 0 Å². The van der Waals surface area contributed by atoms with Crippen molar-refractivity contribution in [2.45, 2.75) is 91.1 Å². The molecule has 3 saturated carbocycles. The largest absolute Gasteiger partial charge is 0.481 e. The van der Waals surface area contributed by atoms with Gasteiger partial charge in [0.15, 0.2) is 0 Å². The van der Waals surface area contributed by atoms with Crippen LogP contribution in [0.25, 0.3) is 0 Å². The lowest BCUT2D eigenvalue weighted by molar-refractivity contribution is -0.137. The Balaban J connectivity index is 1.54. The number of carboxylic acids is 1. The number of allylic oxidation sites excluding steroid dienone is 1. The number of rotatable bonds is 4. The standard InChI is InChI=1S/C24H38O3/c1-15(4-9-22(26)27)19-7-8-20-18-6-5-16-14-17(25)10-12-23(16,2)21(18)11-13-24(19,20)3/h5,15,17-21,25H,4,6-14H2,1-3H3,(H,26,27)/t15-,17+,18+,19+,20+,21-,23+,24-/m1/s1. The molecule has 0 bridgehead atoms. The molecule has 0 radical (unpaired) electrons. The van der Waals surface area contributed by atoms with Crippen LogP contribution in [0, 0.1) is 40.4 Å². The van der Waals surface area contributed by atoms with E-state index in [1.807, 2.05) is 0 Å². The molecule has 0 spiro atoms. The second-order valence-corrected chi connectivity index (χ2v) is 10.8. The zero-order valence-electron chi connectivity index (χ0n) is 17.4. The van der Waals surface area contributed by atoms with Gasteiger partial charge in [0, 0.05) is 6.42 Å². The van der Waals surface area contributed by atoms with Crippen molar-refractivity contribution in [2.75, 3.05) is 0 Å². The fourth-order valence-corrected chi connectivity index (χ4v) is 8.17. The molecule has 152 valence electrons. The minimum atomic E-state index is -0.650. The van der Waals surface area contributed by atoms with Gasteiger partial charge in [-0.25, -0.2) is 0 Å². The maximum absolute atomic E-state index is 11.0. The molecule has 2 N–H and O–H groups in total. The summed E-state index contributed by atoms with van der Waals surface area (Å²) >= 11 is 0. The summed E-state index contributed by atoms with van der Waals surface area (Å²) in [6.45, 7) is 7.33. The molecule has 3 nitrogen and oxygen atoms in total. The first-order chi connectivity index (χ1) is 12.8. The van der Waals surface area contributed by atoms with Crippen molar-refractivity contribution in [1.29, 1.82) is 0 Å². The lowest BCUT2D eigenvalue weighted by Gasteiger charge is -2.58. The number of aliphatic hydroxyl groups is 1. The van der Waals surface area contributed by atoms with Gasteiger partial charge in [-0.3, -0.25) is 4.79 Å². The molecule has 0 aromatic rings.